The van der Waals surface area contributed by atoms with Crippen molar-refractivity contribution in [2.45, 2.75) is 12.2 Å². The molecule has 4 nitrogen and oxygen atoms in total. The van der Waals surface area contributed by atoms with Crippen LogP contribution in [0.3, 0.4) is 0 Å². The molecule has 0 aromatic heterocycles. The predicted octanol–water partition coefficient (Wildman–Crippen LogP) is 2.44. The molecule has 3 aliphatic heterocycles. The number of halogens is 2. The number of hydrogen-bond acceptors (Lipinski definition) is 3. The Hall–Kier alpha value is -1.36. The number of carbonyl (C=O) groups excluding carboxylic acids is 2. The van der Waals surface area contributed by atoms with Gasteiger partial charge in [0.25, 0.3) is 0 Å². The lowest BCUT2D eigenvalue weighted by atomic mass is 9.85. The zero-order valence-corrected chi connectivity index (χ0v) is 11.6. The van der Waals surface area contributed by atoms with E-state index in [9.17, 15) is 9.59 Å². The van der Waals surface area contributed by atoms with Gasteiger partial charge in [0.2, 0.25) is 11.8 Å². The topological polar surface area (TPSA) is 46.6 Å². The molecular weight excluding hydrogens is 301 g/mol. The normalized spacial score (nSPS) is 34.2. The summed E-state index contributed by atoms with van der Waals surface area (Å²) >= 11 is 12.0. The van der Waals surface area contributed by atoms with E-state index in [2.05, 4.69) is 0 Å². The molecular formula is C14H9Cl2NO3. The summed E-state index contributed by atoms with van der Waals surface area (Å²) < 4.78 is 5.58. The van der Waals surface area contributed by atoms with Gasteiger partial charge in [-0.2, -0.15) is 0 Å². The Balaban J connectivity index is 1.78. The lowest BCUT2D eigenvalue weighted by Gasteiger charge is -2.18. The number of hydrogen-bond donors (Lipinski definition) is 0. The first kappa shape index (κ1) is 12.4. The maximum absolute atomic E-state index is 12.5. The van der Waals surface area contributed by atoms with Crippen LogP contribution in [0.25, 0.3) is 0 Å². The third kappa shape index (κ3) is 1.47. The van der Waals surface area contributed by atoms with Crippen molar-refractivity contribution in [1.82, 2.24) is 0 Å². The summed E-state index contributed by atoms with van der Waals surface area (Å²) in [5.74, 6) is -1.35. The fourth-order valence-corrected chi connectivity index (χ4v) is 3.70. The van der Waals surface area contributed by atoms with Crippen LogP contribution in [0.5, 0.6) is 0 Å². The average Bonchev–Trinajstić information content (AvgIpc) is 3.06. The zero-order chi connectivity index (χ0) is 14.0. The fraction of sp³-hybridized carbons (Fsp3) is 0.286. The Morgan fingerprint density at radius 3 is 2.15 bits per heavy atom. The lowest BCUT2D eigenvalue weighted by Crippen LogP contribution is -2.34. The number of nitrogens with zero attached hydrogens (tertiary/aromatic N) is 1. The quantitative estimate of drug-likeness (QED) is 0.591. The second-order valence-corrected chi connectivity index (χ2v) is 5.95. The van der Waals surface area contributed by atoms with E-state index in [-0.39, 0.29) is 24.0 Å². The van der Waals surface area contributed by atoms with Crippen LogP contribution in [0.2, 0.25) is 10.0 Å². The van der Waals surface area contributed by atoms with Gasteiger partial charge >= 0.3 is 0 Å². The number of anilines is 1. The van der Waals surface area contributed by atoms with Crippen LogP contribution in [-0.2, 0) is 14.3 Å². The number of carbonyl (C=O) groups is 2. The molecule has 4 rings (SSSR count). The van der Waals surface area contributed by atoms with Crippen molar-refractivity contribution in [3.63, 3.8) is 0 Å². The van der Waals surface area contributed by atoms with Crippen molar-refractivity contribution in [1.29, 1.82) is 0 Å². The van der Waals surface area contributed by atoms with Crippen molar-refractivity contribution < 1.29 is 14.3 Å². The van der Waals surface area contributed by atoms with E-state index >= 15 is 0 Å². The van der Waals surface area contributed by atoms with Gasteiger partial charge in [-0.15, -0.1) is 0 Å². The highest BCUT2D eigenvalue weighted by Gasteiger charge is 2.61. The second-order valence-electron chi connectivity index (χ2n) is 5.11. The lowest BCUT2D eigenvalue weighted by molar-refractivity contribution is -0.124. The second kappa shape index (κ2) is 4.07. The largest absolute Gasteiger partial charge is 0.365 e. The summed E-state index contributed by atoms with van der Waals surface area (Å²) in [7, 11) is 0. The van der Waals surface area contributed by atoms with Gasteiger partial charge in [-0.1, -0.05) is 35.4 Å². The van der Waals surface area contributed by atoms with Crippen LogP contribution >= 0.6 is 23.2 Å². The van der Waals surface area contributed by atoms with Crippen molar-refractivity contribution >= 4 is 40.7 Å². The van der Waals surface area contributed by atoms with Gasteiger partial charge < -0.3 is 4.74 Å². The molecule has 1 aromatic rings. The van der Waals surface area contributed by atoms with Crippen molar-refractivity contribution in [2.24, 2.45) is 11.8 Å². The van der Waals surface area contributed by atoms with Gasteiger partial charge in [-0.25, -0.2) is 4.90 Å². The minimum Gasteiger partial charge on any atom is -0.365 e. The monoisotopic (exact) mass is 309 g/mol. The Morgan fingerprint density at radius 2 is 1.60 bits per heavy atom. The van der Waals surface area contributed by atoms with Crippen LogP contribution in [-0.4, -0.2) is 24.0 Å². The highest BCUT2D eigenvalue weighted by molar-refractivity contribution is 6.38. The Labute approximate surface area is 124 Å². The minimum atomic E-state index is -0.427. The fourth-order valence-electron chi connectivity index (χ4n) is 3.20. The summed E-state index contributed by atoms with van der Waals surface area (Å²) in [6.07, 6.45) is 3.11. The van der Waals surface area contributed by atoms with Crippen LogP contribution < -0.4 is 4.90 Å². The minimum absolute atomic E-state index is 0.249. The first-order chi connectivity index (χ1) is 9.58. The molecule has 4 unspecified atom stereocenters. The zero-order valence-electron chi connectivity index (χ0n) is 10.1. The predicted molar refractivity (Wildman–Crippen MR) is 73.7 cm³/mol. The van der Waals surface area contributed by atoms with Crippen LogP contribution in [0, 0.1) is 11.8 Å². The molecule has 2 saturated heterocycles. The summed E-state index contributed by atoms with van der Waals surface area (Å²) in [4.78, 5) is 26.2. The van der Waals surface area contributed by atoms with E-state index < -0.39 is 11.8 Å². The summed E-state index contributed by atoms with van der Waals surface area (Å²) in [6, 6.07) is 4.73. The molecule has 2 bridgehead atoms. The molecule has 0 aliphatic carbocycles. The molecule has 102 valence electrons. The molecule has 0 saturated carbocycles. The van der Waals surface area contributed by atoms with Gasteiger partial charge in [0.05, 0.1) is 34.8 Å². The molecule has 3 aliphatic rings. The standard InChI is InChI=1S/C14H9Cl2NO3/c15-6-1-2-8(7(16)5-6)17-13(18)11-9-3-4-10(20-9)12(11)14(17)19/h1-5,9-12H. The molecule has 1 aromatic carbocycles. The number of ether oxygens (including phenoxy) is 1. The van der Waals surface area contributed by atoms with E-state index in [1.807, 2.05) is 12.2 Å². The number of rotatable bonds is 1. The Bertz CT molecular complexity index is 642. The van der Waals surface area contributed by atoms with Gasteiger partial charge in [-0.05, 0) is 18.2 Å². The molecule has 0 N–H and O–H groups in total. The molecule has 0 spiro atoms. The summed E-state index contributed by atoms with van der Waals surface area (Å²) in [6.45, 7) is 0. The third-order valence-corrected chi connectivity index (χ3v) is 4.60. The van der Waals surface area contributed by atoms with Gasteiger partial charge in [0.1, 0.15) is 0 Å². The first-order valence-corrected chi connectivity index (χ1v) is 7.00. The van der Waals surface area contributed by atoms with Gasteiger partial charge in [-0.3, -0.25) is 9.59 Å². The highest BCUT2D eigenvalue weighted by atomic mass is 35.5. The Morgan fingerprint density at radius 1 is 1.00 bits per heavy atom. The van der Waals surface area contributed by atoms with Crippen molar-refractivity contribution in [3.05, 3.63) is 40.4 Å². The van der Waals surface area contributed by atoms with Crippen molar-refractivity contribution in [3.8, 4) is 0 Å². The van der Waals surface area contributed by atoms with Gasteiger partial charge in [0, 0.05) is 5.02 Å². The molecule has 2 fully saturated rings. The molecule has 4 atom stereocenters. The van der Waals surface area contributed by atoms with Crippen molar-refractivity contribution in [2.75, 3.05) is 4.90 Å². The van der Waals surface area contributed by atoms with Crippen LogP contribution in [0.1, 0.15) is 0 Å². The van der Waals surface area contributed by atoms with E-state index in [0.29, 0.717) is 15.7 Å². The molecule has 20 heavy (non-hydrogen) atoms. The summed E-state index contributed by atoms with van der Waals surface area (Å²) in [5.41, 5.74) is 0.389. The molecule has 0 radical (unpaired) electrons. The molecule has 2 amide bonds. The number of fused-ring (bicyclic) bond motifs is 5. The number of benzene rings is 1. The molecule has 6 heteroatoms. The number of imide groups is 1. The van der Waals surface area contributed by atoms with E-state index in [4.69, 9.17) is 27.9 Å². The molecule has 3 heterocycles. The van der Waals surface area contributed by atoms with Crippen LogP contribution in [0.15, 0.2) is 30.4 Å². The van der Waals surface area contributed by atoms with Gasteiger partial charge in [0.15, 0.2) is 0 Å². The maximum atomic E-state index is 12.5. The summed E-state index contributed by atoms with van der Waals surface area (Å²) in [5, 5.41) is 0.753. The number of amides is 2. The average molecular weight is 310 g/mol. The maximum Gasteiger partial charge on any atom is 0.240 e. The first-order valence-electron chi connectivity index (χ1n) is 6.24. The SMILES string of the molecule is O=C1C2C3C=CC(O3)C2C(=O)N1c1ccc(Cl)cc1Cl. The van der Waals surface area contributed by atoms with Crippen LogP contribution in [0.4, 0.5) is 5.69 Å². The van der Waals surface area contributed by atoms with E-state index in [1.165, 1.54) is 11.0 Å². The smallest absolute Gasteiger partial charge is 0.240 e. The highest BCUT2D eigenvalue weighted by Crippen LogP contribution is 2.47. The van der Waals surface area contributed by atoms with E-state index in [0.717, 1.165) is 0 Å². The Kier molecular flexibility index (Phi) is 2.52. The third-order valence-electron chi connectivity index (χ3n) is 4.06. The van der Waals surface area contributed by atoms with E-state index in [1.54, 1.807) is 12.1 Å².